The van der Waals surface area contributed by atoms with Gasteiger partial charge >= 0.3 is 5.97 Å². The van der Waals surface area contributed by atoms with Crippen molar-refractivity contribution >= 4 is 28.5 Å². The summed E-state index contributed by atoms with van der Waals surface area (Å²) in [6.07, 6.45) is 0.157. The van der Waals surface area contributed by atoms with E-state index in [1.165, 1.54) is 19.2 Å². The molecule has 0 atom stereocenters. The highest BCUT2D eigenvalue weighted by molar-refractivity contribution is 6.07. The molecule has 4 rings (SSSR count). The van der Waals surface area contributed by atoms with Gasteiger partial charge in [-0.15, -0.1) is 0 Å². The highest BCUT2D eigenvalue weighted by Gasteiger charge is 2.16. The molecule has 0 spiro atoms. The number of aromatic amines is 1. The minimum Gasteiger partial charge on any atom is -0.469 e. The van der Waals surface area contributed by atoms with Crippen molar-refractivity contribution in [3.05, 3.63) is 83.7 Å². The molecule has 0 fully saturated rings. The van der Waals surface area contributed by atoms with Gasteiger partial charge in [-0.05, 0) is 60.2 Å². The lowest BCUT2D eigenvalue weighted by Gasteiger charge is -2.18. The molecule has 0 unspecified atom stereocenters. The molecule has 3 aromatic carbocycles. The molecule has 1 N–H and O–H groups in total. The molecule has 1 heterocycles. The zero-order chi connectivity index (χ0) is 22.0. The summed E-state index contributed by atoms with van der Waals surface area (Å²) < 4.78 is 17.9. The quantitative estimate of drug-likeness (QED) is 0.490. The number of aromatic nitrogens is 2. The molecule has 1 aromatic heterocycles. The monoisotopic (exact) mass is 417 g/mol. The maximum Gasteiger partial charge on any atom is 0.309 e. The number of rotatable bonds is 5. The molecule has 0 aliphatic heterocycles. The number of benzene rings is 3. The van der Waals surface area contributed by atoms with Gasteiger partial charge in [0, 0.05) is 29.2 Å². The Labute approximate surface area is 178 Å². The summed E-state index contributed by atoms with van der Waals surface area (Å²) in [5.41, 5.74) is 4.25. The van der Waals surface area contributed by atoms with Crippen molar-refractivity contribution in [3.63, 3.8) is 0 Å². The Hall–Kier alpha value is -4.00. The first-order chi connectivity index (χ1) is 15.0. The fourth-order valence-corrected chi connectivity index (χ4v) is 3.35. The molecule has 0 radical (unpaired) electrons. The summed E-state index contributed by atoms with van der Waals surface area (Å²) in [5.74, 6) is -0.829. The van der Waals surface area contributed by atoms with Gasteiger partial charge in [0.05, 0.1) is 24.7 Å². The molecule has 7 heteroatoms. The Bertz CT molecular complexity index is 1250. The molecule has 6 nitrogen and oxygen atoms in total. The van der Waals surface area contributed by atoms with Gasteiger partial charge in [0.1, 0.15) is 5.82 Å². The number of nitrogens with zero attached hydrogens (tertiary/aromatic N) is 2. The van der Waals surface area contributed by atoms with Crippen LogP contribution in [0, 0.1) is 5.82 Å². The van der Waals surface area contributed by atoms with Gasteiger partial charge in [0.2, 0.25) is 0 Å². The molecule has 1 amide bonds. The second-order valence-corrected chi connectivity index (χ2v) is 7.12. The first-order valence-electron chi connectivity index (χ1n) is 9.64. The molecule has 0 aliphatic rings. The fraction of sp³-hybridized carbons (Fsp3) is 0.125. The van der Waals surface area contributed by atoms with Crippen LogP contribution in [0.2, 0.25) is 0 Å². The van der Waals surface area contributed by atoms with E-state index in [0.29, 0.717) is 16.9 Å². The van der Waals surface area contributed by atoms with Crippen LogP contribution in [0.3, 0.4) is 0 Å². The normalized spacial score (nSPS) is 10.8. The summed E-state index contributed by atoms with van der Waals surface area (Å²) >= 11 is 0. The molecule has 0 saturated heterocycles. The van der Waals surface area contributed by atoms with Crippen LogP contribution in [-0.4, -0.2) is 36.2 Å². The van der Waals surface area contributed by atoms with E-state index in [9.17, 15) is 14.0 Å². The SMILES string of the molecule is COC(=O)Cc1ccc(C(=O)N(C)c2ccc3[nH]nc(-c4ccc(F)cc4)c3c2)cc1. The third-order valence-corrected chi connectivity index (χ3v) is 5.13. The first kappa shape index (κ1) is 20.3. The summed E-state index contributed by atoms with van der Waals surface area (Å²) in [5, 5.41) is 8.15. The average Bonchev–Trinajstić information content (AvgIpc) is 3.22. The zero-order valence-corrected chi connectivity index (χ0v) is 17.1. The van der Waals surface area contributed by atoms with Crippen LogP contribution in [-0.2, 0) is 16.0 Å². The lowest BCUT2D eigenvalue weighted by atomic mass is 10.1. The number of carbonyl (C=O) groups excluding carboxylic acids is 2. The number of hydrogen-bond donors (Lipinski definition) is 1. The molecular formula is C24H20FN3O3. The standard InChI is InChI=1S/C24H20FN3O3/c1-28(24(30)17-5-3-15(4-6-17)13-22(29)31-2)19-11-12-21-20(14-19)23(27-26-21)16-7-9-18(25)10-8-16/h3-12,14H,13H2,1-2H3,(H,26,27). The molecule has 0 bridgehead atoms. The van der Waals surface area contributed by atoms with Crippen molar-refractivity contribution < 1.29 is 18.7 Å². The molecule has 156 valence electrons. The number of ether oxygens (including phenoxy) is 1. The summed E-state index contributed by atoms with van der Waals surface area (Å²) in [6, 6.07) is 18.5. The van der Waals surface area contributed by atoms with Crippen LogP contribution in [0.1, 0.15) is 15.9 Å². The minimum atomic E-state index is -0.332. The highest BCUT2D eigenvalue weighted by Crippen LogP contribution is 2.30. The van der Waals surface area contributed by atoms with Gasteiger partial charge in [-0.1, -0.05) is 12.1 Å². The van der Waals surface area contributed by atoms with Gasteiger partial charge in [0.25, 0.3) is 5.91 Å². The van der Waals surface area contributed by atoms with Gasteiger partial charge in [-0.25, -0.2) is 4.39 Å². The molecule has 4 aromatic rings. The van der Waals surface area contributed by atoms with Crippen molar-refractivity contribution in [1.82, 2.24) is 10.2 Å². The van der Waals surface area contributed by atoms with Gasteiger partial charge in [-0.3, -0.25) is 14.7 Å². The third kappa shape index (κ3) is 4.16. The van der Waals surface area contributed by atoms with Crippen LogP contribution >= 0.6 is 0 Å². The van der Waals surface area contributed by atoms with E-state index in [4.69, 9.17) is 0 Å². The van der Waals surface area contributed by atoms with E-state index >= 15 is 0 Å². The van der Waals surface area contributed by atoms with E-state index in [1.54, 1.807) is 48.3 Å². The molecule has 0 aliphatic carbocycles. The number of halogens is 1. The number of hydrogen-bond acceptors (Lipinski definition) is 4. The van der Waals surface area contributed by atoms with Crippen molar-refractivity contribution in [2.75, 3.05) is 19.1 Å². The number of H-pyrrole nitrogens is 1. The second-order valence-electron chi connectivity index (χ2n) is 7.12. The lowest BCUT2D eigenvalue weighted by molar-refractivity contribution is -0.139. The predicted octanol–water partition coefficient (Wildman–Crippen LogP) is 4.36. The number of carbonyl (C=O) groups is 2. The van der Waals surface area contributed by atoms with Crippen molar-refractivity contribution in [3.8, 4) is 11.3 Å². The number of esters is 1. The largest absolute Gasteiger partial charge is 0.469 e. The van der Waals surface area contributed by atoms with E-state index in [0.717, 1.165) is 22.0 Å². The van der Waals surface area contributed by atoms with E-state index in [1.807, 2.05) is 18.2 Å². The fourth-order valence-electron chi connectivity index (χ4n) is 3.35. The zero-order valence-electron chi connectivity index (χ0n) is 17.1. The predicted molar refractivity (Wildman–Crippen MR) is 116 cm³/mol. The topological polar surface area (TPSA) is 75.3 Å². The van der Waals surface area contributed by atoms with Crippen molar-refractivity contribution in [2.45, 2.75) is 6.42 Å². The first-order valence-corrected chi connectivity index (χ1v) is 9.64. The van der Waals surface area contributed by atoms with Crippen LogP contribution in [0.25, 0.3) is 22.2 Å². The number of anilines is 1. The summed E-state index contributed by atoms with van der Waals surface area (Å²) in [4.78, 5) is 25.9. The maximum absolute atomic E-state index is 13.3. The number of fused-ring (bicyclic) bond motifs is 1. The summed E-state index contributed by atoms with van der Waals surface area (Å²) in [7, 11) is 3.04. The molecule has 31 heavy (non-hydrogen) atoms. The lowest BCUT2D eigenvalue weighted by Crippen LogP contribution is -2.26. The van der Waals surface area contributed by atoms with Gasteiger partial charge in [-0.2, -0.15) is 5.10 Å². The van der Waals surface area contributed by atoms with Crippen LogP contribution in [0.5, 0.6) is 0 Å². The van der Waals surface area contributed by atoms with Crippen molar-refractivity contribution in [2.24, 2.45) is 0 Å². The van der Waals surface area contributed by atoms with E-state index in [2.05, 4.69) is 14.9 Å². The Balaban J connectivity index is 1.60. The maximum atomic E-state index is 13.3. The van der Waals surface area contributed by atoms with E-state index < -0.39 is 0 Å². The smallest absolute Gasteiger partial charge is 0.309 e. The van der Waals surface area contributed by atoms with Gasteiger partial charge < -0.3 is 9.64 Å². The Morgan fingerprint density at radius 3 is 2.42 bits per heavy atom. The molecule has 0 saturated carbocycles. The number of methoxy groups -OCH3 is 1. The van der Waals surface area contributed by atoms with Crippen molar-refractivity contribution in [1.29, 1.82) is 0 Å². The molecular weight excluding hydrogens is 397 g/mol. The number of nitrogens with one attached hydrogen (secondary N) is 1. The Morgan fingerprint density at radius 2 is 1.74 bits per heavy atom. The summed E-state index contributed by atoms with van der Waals surface area (Å²) in [6.45, 7) is 0. The Kier molecular flexibility index (Phi) is 5.49. The Morgan fingerprint density at radius 1 is 1.03 bits per heavy atom. The second kappa shape index (κ2) is 8.39. The minimum absolute atomic E-state index is 0.157. The van der Waals surface area contributed by atoms with Crippen LogP contribution in [0.15, 0.2) is 66.7 Å². The van der Waals surface area contributed by atoms with Gasteiger partial charge in [0.15, 0.2) is 0 Å². The number of amides is 1. The van der Waals surface area contributed by atoms with Crippen LogP contribution in [0.4, 0.5) is 10.1 Å². The van der Waals surface area contributed by atoms with E-state index in [-0.39, 0.29) is 24.1 Å². The average molecular weight is 417 g/mol. The highest BCUT2D eigenvalue weighted by atomic mass is 19.1. The third-order valence-electron chi connectivity index (χ3n) is 5.13. The van der Waals surface area contributed by atoms with Crippen LogP contribution < -0.4 is 4.90 Å².